The van der Waals surface area contributed by atoms with Crippen molar-refractivity contribution in [2.75, 3.05) is 72.2 Å². The molecule has 1 aliphatic heterocycles. The number of nitrogens with zero attached hydrogens (tertiary/aromatic N) is 3. The molecule has 0 saturated carbocycles. The smallest absolute Gasteiger partial charge is 0.243 e. The second-order valence-corrected chi connectivity index (χ2v) is 9.49. The summed E-state index contributed by atoms with van der Waals surface area (Å²) >= 11 is 0. The van der Waals surface area contributed by atoms with E-state index in [1.54, 1.807) is 7.05 Å². The number of nitrogens with one attached hydrogen (secondary N) is 3. The number of nitrogens with two attached hydrogens (primary N) is 2. The Hall–Kier alpha value is -4.07. The van der Waals surface area contributed by atoms with Crippen molar-refractivity contribution in [1.29, 1.82) is 0 Å². The van der Waals surface area contributed by atoms with Crippen molar-refractivity contribution in [2.24, 2.45) is 11.5 Å². The van der Waals surface area contributed by atoms with E-state index in [2.05, 4.69) is 44.3 Å². The zero-order chi connectivity index (χ0) is 34.3. The van der Waals surface area contributed by atoms with Crippen LogP contribution < -0.4 is 32.2 Å². The van der Waals surface area contributed by atoms with Gasteiger partial charge in [-0.05, 0) is 59.0 Å². The number of primary amides is 1. The van der Waals surface area contributed by atoms with Crippen LogP contribution in [0.15, 0.2) is 42.6 Å². The second kappa shape index (κ2) is 30.0. The number of hydrogen-bond acceptors (Lipinski definition) is 11. The second-order valence-electron chi connectivity index (χ2n) is 9.49. The molecule has 254 valence electrons. The van der Waals surface area contributed by atoms with Gasteiger partial charge in [0.25, 0.3) is 0 Å². The van der Waals surface area contributed by atoms with Crippen molar-refractivity contribution in [1.82, 2.24) is 20.2 Å². The van der Waals surface area contributed by atoms with Crippen molar-refractivity contribution in [3.05, 3.63) is 54.0 Å². The number of benzene rings is 1. The van der Waals surface area contributed by atoms with Crippen LogP contribution in [0.25, 0.3) is 0 Å². The number of ether oxygens (including phenoxy) is 2. The molecular formula is C32H56N8O5. The van der Waals surface area contributed by atoms with Gasteiger partial charge in [0.05, 0.1) is 18.5 Å². The van der Waals surface area contributed by atoms with E-state index in [4.69, 9.17) is 14.3 Å². The summed E-state index contributed by atoms with van der Waals surface area (Å²) in [6.45, 7) is 7.36. The maximum Gasteiger partial charge on any atom is 0.243 e. The molecule has 1 aliphatic rings. The minimum Gasteiger partial charge on any atom is -0.494 e. The van der Waals surface area contributed by atoms with Crippen LogP contribution in [0.4, 0.5) is 11.5 Å². The Kier molecular flexibility index (Phi) is 28.7. The Morgan fingerprint density at radius 3 is 2.36 bits per heavy atom. The van der Waals surface area contributed by atoms with Gasteiger partial charge in [-0.3, -0.25) is 14.4 Å². The highest BCUT2D eigenvalue weighted by Crippen LogP contribution is 2.17. The molecule has 2 amide bonds. The highest BCUT2D eigenvalue weighted by molar-refractivity contribution is 5.87. The number of carbonyl (C=O) groups excluding carboxylic acids is 3. The molecule has 0 unspecified atom stereocenters. The monoisotopic (exact) mass is 632 g/mol. The number of hydrogen-bond donors (Lipinski definition) is 5. The van der Waals surface area contributed by atoms with E-state index in [0.717, 1.165) is 81.3 Å². The number of aldehydes is 1. The Morgan fingerprint density at radius 1 is 1.16 bits per heavy atom. The lowest BCUT2D eigenvalue weighted by molar-refractivity contribution is -0.116. The van der Waals surface area contributed by atoms with Crippen LogP contribution in [0.2, 0.25) is 0 Å². The summed E-state index contributed by atoms with van der Waals surface area (Å²) in [6, 6.07) is 8.40. The van der Waals surface area contributed by atoms with Crippen molar-refractivity contribution in [2.45, 2.75) is 52.0 Å². The van der Waals surface area contributed by atoms with Gasteiger partial charge in [-0.1, -0.05) is 32.4 Å². The Morgan fingerprint density at radius 2 is 1.82 bits per heavy atom. The Bertz CT molecular complexity index is 1060. The summed E-state index contributed by atoms with van der Waals surface area (Å²) < 4.78 is 10.9. The predicted molar refractivity (Wildman–Crippen MR) is 183 cm³/mol. The number of unbranched alkanes of at least 4 members (excludes halogenated alkanes) is 1. The summed E-state index contributed by atoms with van der Waals surface area (Å²) in [5.74, 6) is 1.69. The van der Waals surface area contributed by atoms with E-state index in [0.29, 0.717) is 11.7 Å². The Labute approximate surface area is 269 Å². The van der Waals surface area contributed by atoms with Gasteiger partial charge >= 0.3 is 0 Å². The number of amides is 2. The first kappa shape index (κ1) is 43.1. The number of rotatable bonds is 12. The van der Waals surface area contributed by atoms with Crippen molar-refractivity contribution >= 4 is 30.1 Å². The van der Waals surface area contributed by atoms with Gasteiger partial charge in [-0.25, -0.2) is 9.97 Å². The van der Waals surface area contributed by atoms with Gasteiger partial charge in [0.15, 0.2) is 6.29 Å². The molecular weight excluding hydrogens is 576 g/mol. The van der Waals surface area contributed by atoms with Gasteiger partial charge in [0.2, 0.25) is 12.3 Å². The standard InChI is InChI=1S/C12H17N3O2.C11H17NO.C7H14N2O.CH3NO.CH5N/c1-2-11-12(13-7-10(8-16)14-11)15-9-3-5-17-6-4-9;1-3-4-8-13-11-7-5-6-10(9-11)12-2;1-8-7(10)5-4-6-9(2)3;2-1-3;1-2/h7-9H,2-6H2,1H3,(H,13,15);5-7,9,12H,3-4,8H2,1-2H3;4-5H,6H2,1-3H3,(H,8,10);1H,(H2,2,3);2H2,1H3/b;;5-4+;;. The maximum absolute atomic E-state index is 10.6. The summed E-state index contributed by atoms with van der Waals surface area (Å²) in [7, 11) is 8.93. The lowest BCUT2D eigenvalue weighted by Gasteiger charge is -2.24. The van der Waals surface area contributed by atoms with Gasteiger partial charge in [-0.2, -0.15) is 0 Å². The average molecular weight is 633 g/mol. The first-order chi connectivity index (χ1) is 21.8. The molecule has 1 fully saturated rings. The van der Waals surface area contributed by atoms with E-state index in [1.807, 2.05) is 63.3 Å². The van der Waals surface area contributed by atoms with Gasteiger partial charge in [0.1, 0.15) is 17.3 Å². The van der Waals surface area contributed by atoms with Crippen LogP contribution in [-0.2, 0) is 20.7 Å². The molecule has 1 saturated heterocycles. The molecule has 0 radical (unpaired) electrons. The summed E-state index contributed by atoms with van der Waals surface area (Å²) in [6.07, 6.45) is 10.9. The molecule has 1 aromatic carbocycles. The third-order valence-corrected chi connectivity index (χ3v) is 5.76. The predicted octanol–water partition coefficient (Wildman–Crippen LogP) is 2.88. The number of anilines is 2. The SMILES string of the molecule is CCCCOc1cccc(NC)c1.CCc1nc(C=O)cnc1NC1CCOCC1.CN.CNC(=O)/C=C/CN(C)C.NC=O. The Balaban J connectivity index is 0. The van der Waals surface area contributed by atoms with Crippen LogP contribution in [0.3, 0.4) is 0 Å². The molecule has 0 spiro atoms. The third kappa shape index (κ3) is 23.0. The van der Waals surface area contributed by atoms with E-state index >= 15 is 0 Å². The number of likely N-dealkylation sites (N-methyl/N-ethyl adjacent to an activating group) is 2. The minimum atomic E-state index is -0.0538. The van der Waals surface area contributed by atoms with Crippen molar-refractivity contribution in [3.8, 4) is 5.75 Å². The largest absolute Gasteiger partial charge is 0.494 e. The van der Waals surface area contributed by atoms with Gasteiger partial charge in [-0.15, -0.1) is 0 Å². The van der Waals surface area contributed by atoms with Crippen LogP contribution in [0.5, 0.6) is 5.75 Å². The summed E-state index contributed by atoms with van der Waals surface area (Å²) in [5.41, 5.74) is 11.0. The summed E-state index contributed by atoms with van der Waals surface area (Å²) in [5, 5.41) is 8.95. The first-order valence-corrected chi connectivity index (χ1v) is 15.1. The molecule has 13 heteroatoms. The van der Waals surface area contributed by atoms with Crippen molar-refractivity contribution in [3.63, 3.8) is 0 Å². The molecule has 7 N–H and O–H groups in total. The molecule has 3 rings (SSSR count). The fourth-order valence-electron chi connectivity index (χ4n) is 3.43. The molecule has 45 heavy (non-hydrogen) atoms. The van der Waals surface area contributed by atoms with E-state index in [9.17, 15) is 9.59 Å². The van der Waals surface area contributed by atoms with Crippen molar-refractivity contribution < 1.29 is 23.9 Å². The number of aryl methyl sites for hydroxylation is 1. The molecule has 1 aromatic heterocycles. The number of carbonyl (C=O) groups is 3. The third-order valence-electron chi connectivity index (χ3n) is 5.76. The molecule has 0 bridgehead atoms. The lowest BCUT2D eigenvalue weighted by Crippen LogP contribution is -2.29. The first-order valence-electron chi connectivity index (χ1n) is 15.1. The molecule has 2 heterocycles. The normalized spacial score (nSPS) is 11.9. The highest BCUT2D eigenvalue weighted by atomic mass is 16.5. The summed E-state index contributed by atoms with van der Waals surface area (Å²) in [4.78, 5) is 40.3. The molecule has 2 aromatic rings. The van der Waals surface area contributed by atoms with E-state index in [1.165, 1.54) is 25.7 Å². The zero-order valence-corrected chi connectivity index (χ0v) is 28.2. The van der Waals surface area contributed by atoms with Gasteiger partial charge < -0.3 is 41.8 Å². The molecule has 13 nitrogen and oxygen atoms in total. The van der Waals surface area contributed by atoms with E-state index in [-0.39, 0.29) is 12.3 Å². The molecule has 0 aliphatic carbocycles. The van der Waals surface area contributed by atoms with Gasteiger partial charge in [0, 0.05) is 57.7 Å². The topological polar surface area (TPSA) is 187 Å². The quantitative estimate of drug-likeness (QED) is 0.132. The van der Waals surface area contributed by atoms with Crippen LogP contribution in [-0.4, -0.2) is 101 Å². The average Bonchev–Trinajstić information content (AvgIpc) is 3.07. The van der Waals surface area contributed by atoms with E-state index < -0.39 is 0 Å². The minimum absolute atomic E-state index is 0.0538. The lowest BCUT2D eigenvalue weighted by atomic mass is 10.1. The maximum atomic E-state index is 10.6. The van der Waals surface area contributed by atoms with Crippen LogP contribution in [0.1, 0.15) is 55.7 Å². The highest BCUT2D eigenvalue weighted by Gasteiger charge is 2.16. The van der Waals surface area contributed by atoms with Crippen LogP contribution >= 0.6 is 0 Å². The van der Waals surface area contributed by atoms with Crippen LogP contribution in [0, 0.1) is 0 Å². The fraction of sp³-hybridized carbons (Fsp3) is 0.531. The zero-order valence-electron chi connectivity index (χ0n) is 28.2. The number of aromatic nitrogens is 2. The molecule has 0 atom stereocenters. The fourth-order valence-corrected chi connectivity index (χ4v) is 3.43.